The van der Waals surface area contributed by atoms with Crippen LogP contribution in [0.3, 0.4) is 0 Å². The third-order valence-corrected chi connectivity index (χ3v) is 3.86. The number of methoxy groups -OCH3 is 1. The van der Waals surface area contributed by atoms with E-state index in [1.165, 1.54) is 0 Å². The molecule has 2 aromatic rings. The van der Waals surface area contributed by atoms with Crippen LogP contribution in [-0.4, -0.2) is 46.1 Å². The topological polar surface area (TPSA) is 84.6 Å². The summed E-state index contributed by atoms with van der Waals surface area (Å²) in [7, 11) is 1.58. The van der Waals surface area contributed by atoms with Gasteiger partial charge in [-0.15, -0.1) is 0 Å². The molecule has 1 aromatic carbocycles. The molecule has 112 valence electrons. The summed E-state index contributed by atoms with van der Waals surface area (Å²) in [5, 5.41) is 19.0. The van der Waals surface area contributed by atoms with Gasteiger partial charge < -0.3 is 19.5 Å². The van der Waals surface area contributed by atoms with Gasteiger partial charge in [0, 0.05) is 13.0 Å². The smallest absolute Gasteiger partial charge is 0.337 e. The Morgan fingerprint density at radius 1 is 1.52 bits per heavy atom. The highest BCUT2D eigenvalue weighted by Crippen LogP contribution is 2.42. The van der Waals surface area contributed by atoms with Crippen molar-refractivity contribution in [2.75, 3.05) is 20.3 Å². The molecule has 6 nitrogen and oxygen atoms in total. The molecule has 0 saturated heterocycles. The van der Waals surface area contributed by atoms with E-state index in [2.05, 4.69) is 4.98 Å². The maximum atomic E-state index is 11.4. The van der Waals surface area contributed by atoms with Crippen LogP contribution in [0.4, 0.5) is 0 Å². The molecule has 1 aliphatic carbocycles. The number of ether oxygens (including phenoxy) is 1. The van der Waals surface area contributed by atoms with Crippen molar-refractivity contribution in [1.29, 1.82) is 0 Å². The number of rotatable bonds is 6. The van der Waals surface area contributed by atoms with Crippen LogP contribution < -0.4 is 0 Å². The number of nitrogens with zero attached hydrogens (tertiary/aromatic N) is 2. The van der Waals surface area contributed by atoms with Crippen LogP contribution >= 0.6 is 0 Å². The standard InChI is InChI=1S/C15H18N2O4/c1-21-8-10(7-18)17-12-4-2-3-11(15(19)20)13(12)16-14(17)9-5-6-9/h2-4,9-10,18H,5-8H2,1H3,(H,19,20). The first-order chi connectivity index (χ1) is 10.2. The Morgan fingerprint density at radius 2 is 2.29 bits per heavy atom. The Bertz CT molecular complexity index is 676. The minimum atomic E-state index is -0.986. The minimum Gasteiger partial charge on any atom is -0.478 e. The fourth-order valence-corrected chi connectivity index (χ4v) is 2.72. The maximum absolute atomic E-state index is 11.4. The predicted molar refractivity (Wildman–Crippen MR) is 76.7 cm³/mol. The minimum absolute atomic E-state index is 0.0731. The molecule has 3 rings (SSSR count). The molecule has 0 spiro atoms. The van der Waals surface area contributed by atoms with E-state index in [4.69, 9.17) is 4.74 Å². The second-order valence-electron chi connectivity index (χ2n) is 5.38. The van der Waals surface area contributed by atoms with Gasteiger partial charge in [0.2, 0.25) is 0 Å². The lowest BCUT2D eigenvalue weighted by atomic mass is 10.2. The van der Waals surface area contributed by atoms with Gasteiger partial charge in [0.15, 0.2) is 0 Å². The number of carboxylic acids is 1. The highest BCUT2D eigenvalue weighted by atomic mass is 16.5. The molecule has 1 unspecified atom stereocenters. The molecule has 0 radical (unpaired) electrons. The van der Waals surface area contributed by atoms with Crippen LogP contribution in [0.2, 0.25) is 0 Å². The Labute approximate surface area is 122 Å². The van der Waals surface area contributed by atoms with Crippen LogP contribution in [0.5, 0.6) is 0 Å². The van der Waals surface area contributed by atoms with Crippen molar-refractivity contribution in [1.82, 2.24) is 9.55 Å². The number of aromatic carboxylic acids is 1. The average Bonchev–Trinajstić information content (AvgIpc) is 3.25. The summed E-state index contributed by atoms with van der Waals surface area (Å²) in [4.78, 5) is 15.9. The van der Waals surface area contributed by atoms with Gasteiger partial charge in [-0.05, 0) is 25.0 Å². The highest BCUT2D eigenvalue weighted by molar-refractivity contribution is 6.01. The summed E-state index contributed by atoms with van der Waals surface area (Å²) < 4.78 is 7.12. The number of aliphatic hydroxyl groups excluding tert-OH is 1. The molecule has 6 heteroatoms. The van der Waals surface area contributed by atoms with Gasteiger partial charge in [0.05, 0.1) is 30.3 Å². The molecule has 1 heterocycles. The van der Waals surface area contributed by atoms with Gasteiger partial charge in [-0.3, -0.25) is 0 Å². The third kappa shape index (κ3) is 2.41. The Kier molecular flexibility index (Phi) is 3.65. The van der Waals surface area contributed by atoms with Crippen molar-refractivity contribution >= 4 is 17.0 Å². The number of hydrogen-bond acceptors (Lipinski definition) is 4. The van der Waals surface area contributed by atoms with E-state index in [0.29, 0.717) is 18.0 Å². The molecule has 0 aliphatic heterocycles. The van der Waals surface area contributed by atoms with Gasteiger partial charge in [-0.1, -0.05) is 6.07 Å². The van der Waals surface area contributed by atoms with E-state index in [1.54, 1.807) is 19.2 Å². The van der Waals surface area contributed by atoms with E-state index in [1.807, 2.05) is 10.6 Å². The molecule has 1 aliphatic rings. The Balaban J connectivity index is 2.22. The first kappa shape index (κ1) is 14.0. The van der Waals surface area contributed by atoms with E-state index in [-0.39, 0.29) is 18.2 Å². The first-order valence-electron chi connectivity index (χ1n) is 7.01. The van der Waals surface area contributed by atoms with Gasteiger partial charge >= 0.3 is 5.97 Å². The van der Waals surface area contributed by atoms with Gasteiger partial charge in [-0.2, -0.15) is 0 Å². The lowest BCUT2D eigenvalue weighted by molar-refractivity contribution is 0.0699. The number of para-hydroxylation sites is 1. The van der Waals surface area contributed by atoms with Gasteiger partial charge in [-0.25, -0.2) is 9.78 Å². The monoisotopic (exact) mass is 290 g/mol. The summed E-state index contributed by atoms with van der Waals surface area (Å²) in [6, 6.07) is 4.86. The zero-order valence-electron chi connectivity index (χ0n) is 11.8. The first-order valence-corrected chi connectivity index (χ1v) is 7.01. The number of aromatic nitrogens is 2. The number of hydrogen-bond donors (Lipinski definition) is 2. The maximum Gasteiger partial charge on any atom is 0.337 e. The Hall–Kier alpha value is -1.92. The normalized spacial score (nSPS) is 16.3. The second-order valence-corrected chi connectivity index (χ2v) is 5.38. The molecule has 1 aromatic heterocycles. The zero-order chi connectivity index (χ0) is 15.0. The van der Waals surface area contributed by atoms with Crippen molar-refractivity contribution in [2.24, 2.45) is 0 Å². The van der Waals surface area contributed by atoms with Crippen LogP contribution in [0, 0.1) is 0 Å². The fourth-order valence-electron chi connectivity index (χ4n) is 2.72. The van der Waals surface area contributed by atoms with E-state index >= 15 is 0 Å². The van der Waals surface area contributed by atoms with E-state index in [9.17, 15) is 15.0 Å². The van der Waals surface area contributed by atoms with Crippen molar-refractivity contribution in [2.45, 2.75) is 24.8 Å². The van der Waals surface area contributed by atoms with Crippen LogP contribution in [0.25, 0.3) is 11.0 Å². The summed E-state index contributed by atoms with van der Waals surface area (Å²) in [5.41, 5.74) is 1.43. The Morgan fingerprint density at radius 3 is 2.86 bits per heavy atom. The molecule has 1 saturated carbocycles. The fraction of sp³-hybridized carbons (Fsp3) is 0.467. The summed E-state index contributed by atoms with van der Waals surface area (Å²) in [5.74, 6) is 0.222. The predicted octanol–water partition coefficient (Wildman–Crippen LogP) is 1.79. The van der Waals surface area contributed by atoms with Gasteiger partial charge in [0.1, 0.15) is 11.3 Å². The largest absolute Gasteiger partial charge is 0.478 e. The van der Waals surface area contributed by atoms with E-state index in [0.717, 1.165) is 24.2 Å². The number of benzene rings is 1. The molecule has 0 amide bonds. The summed E-state index contributed by atoms with van der Waals surface area (Å²) in [6.45, 7) is 0.287. The number of carboxylic acid groups (broad SMARTS) is 1. The van der Waals surface area contributed by atoms with Crippen LogP contribution in [0.1, 0.15) is 41.0 Å². The molecule has 1 atom stereocenters. The number of carbonyl (C=O) groups is 1. The highest BCUT2D eigenvalue weighted by Gasteiger charge is 2.32. The van der Waals surface area contributed by atoms with Gasteiger partial charge in [0.25, 0.3) is 0 Å². The van der Waals surface area contributed by atoms with Crippen molar-refractivity contribution in [3.63, 3.8) is 0 Å². The second kappa shape index (κ2) is 5.46. The zero-order valence-corrected chi connectivity index (χ0v) is 11.8. The molecule has 21 heavy (non-hydrogen) atoms. The SMILES string of the molecule is COCC(CO)n1c(C2CC2)nc2c(C(=O)O)cccc21. The van der Waals surface area contributed by atoms with Crippen LogP contribution in [0.15, 0.2) is 18.2 Å². The quantitative estimate of drug-likeness (QED) is 0.847. The number of aliphatic hydroxyl groups is 1. The molecule has 2 N–H and O–H groups in total. The lowest BCUT2D eigenvalue weighted by Gasteiger charge is -2.19. The number of imidazole rings is 1. The van der Waals surface area contributed by atoms with Crippen molar-refractivity contribution in [3.05, 3.63) is 29.6 Å². The molecule has 1 fully saturated rings. The van der Waals surface area contributed by atoms with E-state index < -0.39 is 5.97 Å². The number of fused-ring (bicyclic) bond motifs is 1. The third-order valence-electron chi connectivity index (χ3n) is 3.86. The molecular formula is C15H18N2O4. The van der Waals surface area contributed by atoms with Crippen molar-refractivity contribution in [3.8, 4) is 0 Å². The molecular weight excluding hydrogens is 272 g/mol. The summed E-state index contributed by atoms with van der Waals surface area (Å²) >= 11 is 0. The summed E-state index contributed by atoms with van der Waals surface area (Å²) in [6.07, 6.45) is 2.10. The molecule has 0 bridgehead atoms. The lowest BCUT2D eigenvalue weighted by Crippen LogP contribution is -2.20. The van der Waals surface area contributed by atoms with Crippen molar-refractivity contribution < 1.29 is 19.7 Å². The average molecular weight is 290 g/mol. The van der Waals surface area contributed by atoms with Crippen LogP contribution in [-0.2, 0) is 4.74 Å².